The highest BCUT2D eigenvalue weighted by Crippen LogP contribution is 2.43. The molecule has 0 aliphatic carbocycles. The Labute approximate surface area is 197 Å². The number of para-hydroxylation sites is 1. The lowest BCUT2D eigenvalue weighted by molar-refractivity contribution is 0.194. The molecule has 33 heavy (non-hydrogen) atoms. The molecular weight excluding hydrogens is 428 g/mol. The van der Waals surface area contributed by atoms with Crippen LogP contribution in [0.5, 0.6) is 0 Å². The number of amides is 2. The van der Waals surface area contributed by atoms with Crippen LogP contribution in [0, 0.1) is 0 Å². The Kier molecular flexibility index (Phi) is 5.04. The third kappa shape index (κ3) is 3.56. The minimum Gasteiger partial charge on any atom is -0.310 e. The fourth-order valence-corrected chi connectivity index (χ4v) is 6.50. The predicted molar refractivity (Wildman–Crippen MR) is 133 cm³/mol. The minimum absolute atomic E-state index is 0.0801. The van der Waals surface area contributed by atoms with Gasteiger partial charge in [-0.05, 0) is 48.9 Å². The number of thiophene rings is 1. The second-order valence-corrected chi connectivity index (χ2v) is 9.90. The maximum Gasteiger partial charge on any atom is 0.322 e. The van der Waals surface area contributed by atoms with Crippen LogP contribution in [-0.2, 0) is 19.5 Å². The Balaban J connectivity index is 1.50. The standard InChI is InChI=1S/C27H26N4OS/c1-29-16-14-21-22-17-31(27(32)28-20-11-6-3-7-12-20)25(19-9-4-2-5-10-19)23-13-8-15-30(23)26(22)33-24(21)18-29/h2-13,15,25H,14,16-18H2,1H3,(H,28,32)/t25-/m0/s1. The number of carbonyl (C=O) groups is 1. The van der Waals surface area contributed by atoms with Crippen LogP contribution in [0.25, 0.3) is 5.00 Å². The Bertz CT molecular complexity index is 1290. The third-order valence-electron chi connectivity index (χ3n) is 6.66. The van der Waals surface area contributed by atoms with Gasteiger partial charge in [0.25, 0.3) is 0 Å². The van der Waals surface area contributed by atoms with Gasteiger partial charge in [-0.25, -0.2) is 4.79 Å². The van der Waals surface area contributed by atoms with Gasteiger partial charge in [0.15, 0.2) is 0 Å². The number of nitrogens with one attached hydrogen (secondary N) is 1. The molecule has 1 N–H and O–H groups in total. The van der Waals surface area contributed by atoms with Crippen molar-refractivity contribution in [1.82, 2.24) is 14.4 Å². The summed E-state index contributed by atoms with van der Waals surface area (Å²) in [6.45, 7) is 2.61. The molecule has 4 heterocycles. The molecule has 5 nitrogen and oxygen atoms in total. The van der Waals surface area contributed by atoms with E-state index in [1.807, 2.05) is 64.8 Å². The maximum atomic E-state index is 13.8. The second-order valence-electron chi connectivity index (χ2n) is 8.82. The number of urea groups is 1. The normalized spacial score (nSPS) is 17.6. The van der Waals surface area contributed by atoms with Crippen molar-refractivity contribution in [1.29, 1.82) is 0 Å². The van der Waals surface area contributed by atoms with E-state index in [1.54, 1.807) is 0 Å². The fourth-order valence-electron chi connectivity index (χ4n) is 5.05. The number of anilines is 1. The average molecular weight is 455 g/mol. The molecule has 2 amide bonds. The number of hydrogen-bond donors (Lipinski definition) is 1. The van der Waals surface area contributed by atoms with Crippen LogP contribution >= 0.6 is 11.3 Å². The van der Waals surface area contributed by atoms with Crippen LogP contribution in [-0.4, -0.2) is 34.0 Å². The zero-order valence-corrected chi connectivity index (χ0v) is 19.4. The summed E-state index contributed by atoms with van der Waals surface area (Å²) >= 11 is 1.88. The van der Waals surface area contributed by atoms with Crippen molar-refractivity contribution in [3.05, 3.63) is 106 Å². The van der Waals surface area contributed by atoms with Gasteiger partial charge in [0.1, 0.15) is 5.00 Å². The third-order valence-corrected chi connectivity index (χ3v) is 7.91. The van der Waals surface area contributed by atoms with E-state index < -0.39 is 0 Å². The van der Waals surface area contributed by atoms with Crippen molar-refractivity contribution in [3.8, 4) is 5.00 Å². The lowest BCUT2D eigenvalue weighted by atomic mass is 10.0. The van der Waals surface area contributed by atoms with E-state index in [1.165, 1.54) is 21.0 Å². The topological polar surface area (TPSA) is 40.5 Å². The largest absolute Gasteiger partial charge is 0.322 e. The zero-order chi connectivity index (χ0) is 22.4. The molecule has 0 saturated heterocycles. The van der Waals surface area contributed by atoms with Gasteiger partial charge in [-0.3, -0.25) is 0 Å². The molecule has 166 valence electrons. The quantitative estimate of drug-likeness (QED) is 0.424. The summed E-state index contributed by atoms with van der Waals surface area (Å²) < 4.78 is 2.31. The average Bonchev–Trinajstić information content (AvgIpc) is 3.41. The van der Waals surface area contributed by atoms with E-state index in [0.717, 1.165) is 36.5 Å². The molecule has 0 fully saturated rings. The van der Waals surface area contributed by atoms with Crippen molar-refractivity contribution < 1.29 is 4.79 Å². The van der Waals surface area contributed by atoms with Gasteiger partial charge in [-0.1, -0.05) is 48.5 Å². The van der Waals surface area contributed by atoms with E-state index in [0.29, 0.717) is 6.54 Å². The molecule has 0 spiro atoms. The molecule has 0 radical (unpaired) electrons. The first-order chi connectivity index (χ1) is 16.2. The molecule has 1 atom stereocenters. The molecule has 2 aromatic carbocycles. The first-order valence-electron chi connectivity index (χ1n) is 11.4. The molecule has 2 aromatic heterocycles. The van der Waals surface area contributed by atoms with E-state index in [-0.39, 0.29) is 12.1 Å². The predicted octanol–water partition coefficient (Wildman–Crippen LogP) is 5.66. The van der Waals surface area contributed by atoms with Crippen molar-refractivity contribution in [2.24, 2.45) is 0 Å². The lowest BCUT2D eigenvalue weighted by Crippen LogP contribution is -2.38. The van der Waals surface area contributed by atoms with E-state index in [2.05, 4.69) is 52.3 Å². The fraction of sp³-hybridized carbons (Fsp3) is 0.222. The first kappa shape index (κ1) is 20.3. The Hall–Kier alpha value is -3.35. The Morgan fingerprint density at radius 1 is 0.939 bits per heavy atom. The van der Waals surface area contributed by atoms with Gasteiger partial charge in [-0.15, -0.1) is 11.3 Å². The second kappa shape index (κ2) is 8.21. The number of rotatable bonds is 2. The van der Waals surface area contributed by atoms with Gasteiger partial charge in [0, 0.05) is 35.4 Å². The number of benzene rings is 2. The van der Waals surface area contributed by atoms with Crippen LogP contribution in [0.15, 0.2) is 79.0 Å². The van der Waals surface area contributed by atoms with Crippen LogP contribution in [0.2, 0.25) is 0 Å². The summed E-state index contributed by atoms with van der Waals surface area (Å²) in [6, 6.07) is 24.1. The van der Waals surface area contributed by atoms with Crippen molar-refractivity contribution in [2.75, 3.05) is 18.9 Å². The molecule has 0 bridgehead atoms. The number of carbonyl (C=O) groups excluding carboxylic acids is 1. The number of nitrogens with zero attached hydrogens (tertiary/aromatic N) is 3. The van der Waals surface area contributed by atoms with Gasteiger partial charge in [0.2, 0.25) is 0 Å². The van der Waals surface area contributed by atoms with Gasteiger partial charge in [-0.2, -0.15) is 0 Å². The smallest absolute Gasteiger partial charge is 0.310 e. The van der Waals surface area contributed by atoms with Crippen LogP contribution in [0.1, 0.15) is 33.3 Å². The molecule has 2 aliphatic rings. The van der Waals surface area contributed by atoms with Crippen LogP contribution in [0.3, 0.4) is 0 Å². The lowest BCUT2D eigenvalue weighted by Gasteiger charge is -2.31. The maximum absolute atomic E-state index is 13.8. The Morgan fingerprint density at radius 3 is 2.48 bits per heavy atom. The highest BCUT2D eigenvalue weighted by atomic mass is 32.1. The van der Waals surface area contributed by atoms with Crippen molar-refractivity contribution in [2.45, 2.75) is 25.6 Å². The summed E-state index contributed by atoms with van der Waals surface area (Å²) in [5, 5.41) is 4.40. The number of likely N-dealkylation sites (N-methyl/N-ethyl adjacent to an activating group) is 1. The van der Waals surface area contributed by atoms with E-state index >= 15 is 0 Å². The van der Waals surface area contributed by atoms with Gasteiger partial charge < -0.3 is 19.7 Å². The van der Waals surface area contributed by atoms with Gasteiger partial charge in [0.05, 0.1) is 18.3 Å². The summed E-state index contributed by atoms with van der Waals surface area (Å²) in [5.74, 6) is 0. The minimum atomic E-state index is -0.175. The summed E-state index contributed by atoms with van der Waals surface area (Å²) in [7, 11) is 2.18. The molecule has 0 unspecified atom stereocenters. The molecular formula is C27H26N4OS. The molecule has 4 aromatic rings. The van der Waals surface area contributed by atoms with Crippen molar-refractivity contribution in [3.63, 3.8) is 0 Å². The summed E-state index contributed by atoms with van der Waals surface area (Å²) in [4.78, 5) is 19.6. The van der Waals surface area contributed by atoms with Crippen molar-refractivity contribution >= 4 is 23.1 Å². The highest BCUT2D eigenvalue weighted by molar-refractivity contribution is 7.15. The first-order valence-corrected chi connectivity index (χ1v) is 12.2. The molecule has 0 saturated carbocycles. The van der Waals surface area contributed by atoms with E-state index in [9.17, 15) is 4.79 Å². The van der Waals surface area contributed by atoms with E-state index in [4.69, 9.17) is 0 Å². The number of aromatic nitrogens is 1. The Morgan fingerprint density at radius 2 is 1.70 bits per heavy atom. The summed E-state index contributed by atoms with van der Waals surface area (Å²) in [6.07, 6.45) is 3.17. The van der Waals surface area contributed by atoms with Crippen LogP contribution in [0.4, 0.5) is 10.5 Å². The SMILES string of the molecule is CN1CCc2c(sc3c2CN(C(=O)Nc2ccccc2)[C@@H](c2ccccc2)c2cccn2-3)C1. The molecule has 6 heteroatoms. The van der Waals surface area contributed by atoms with Crippen LogP contribution < -0.4 is 5.32 Å². The zero-order valence-electron chi connectivity index (χ0n) is 18.6. The molecule has 2 aliphatic heterocycles. The highest BCUT2D eigenvalue weighted by Gasteiger charge is 2.36. The van der Waals surface area contributed by atoms with Gasteiger partial charge >= 0.3 is 6.03 Å². The summed E-state index contributed by atoms with van der Waals surface area (Å²) in [5.41, 5.74) is 5.77. The number of fused-ring (bicyclic) bond motifs is 5. The number of hydrogen-bond acceptors (Lipinski definition) is 3. The molecule has 6 rings (SSSR count). The monoisotopic (exact) mass is 454 g/mol.